The molecule has 2 heterocycles. The van der Waals surface area contributed by atoms with Gasteiger partial charge in [0, 0.05) is 23.9 Å². The summed E-state index contributed by atoms with van der Waals surface area (Å²) in [7, 11) is 0. The molecule has 0 aliphatic carbocycles. The van der Waals surface area contributed by atoms with E-state index in [2.05, 4.69) is 27.3 Å². The van der Waals surface area contributed by atoms with E-state index in [4.69, 9.17) is 5.73 Å². The monoisotopic (exact) mass is 281 g/mol. The lowest BCUT2D eigenvalue weighted by Crippen LogP contribution is -2.12. The van der Waals surface area contributed by atoms with Crippen LogP contribution in [0.4, 0.5) is 0 Å². The lowest BCUT2D eigenvalue weighted by molar-refractivity contribution is 0.629. The van der Waals surface area contributed by atoms with Crippen LogP contribution in [0.1, 0.15) is 35.2 Å². The zero-order chi connectivity index (χ0) is 14.8. The van der Waals surface area contributed by atoms with Crippen molar-refractivity contribution in [2.75, 3.05) is 0 Å². The van der Waals surface area contributed by atoms with Gasteiger partial charge in [-0.2, -0.15) is 0 Å². The van der Waals surface area contributed by atoms with Gasteiger partial charge in [0.1, 0.15) is 5.82 Å². The molecule has 0 radical (unpaired) electrons. The van der Waals surface area contributed by atoms with Gasteiger partial charge < -0.3 is 5.73 Å². The molecule has 5 heteroatoms. The van der Waals surface area contributed by atoms with E-state index in [0.717, 1.165) is 35.6 Å². The van der Waals surface area contributed by atoms with Crippen molar-refractivity contribution in [1.29, 1.82) is 0 Å². The highest BCUT2D eigenvalue weighted by atomic mass is 15.3. The highest BCUT2D eigenvalue weighted by molar-refractivity contribution is 5.32. The van der Waals surface area contributed by atoms with E-state index in [1.807, 2.05) is 42.5 Å². The molecule has 1 unspecified atom stereocenters. The quantitative estimate of drug-likeness (QED) is 0.797. The average molecular weight is 281 g/mol. The molecule has 108 valence electrons. The van der Waals surface area contributed by atoms with E-state index in [-0.39, 0.29) is 6.04 Å². The highest BCUT2D eigenvalue weighted by Crippen LogP contribution is 2.17. The molecule has 5 nitrogen and oxygen atoms in total. The maximum atomic E-state index is 6.24. The fourth-order valence-electron chi connectivity index (χ4n) is 2.61. The Morgan fingerprint density at radius 3 is 2.67 bits per heavy atom. The lowest BCUT2D eigenvalue weighted by Gasteiger charge is -2.11. The molecule has 0 aliphatic rings. The van der Waals surface area contributed by atoms with E-state index in [1.54, 1.807) is 0 Å². The van der Waals surface area contributed by atoms with E-state index in [9.17, 15) is 0 Å². The molecule has 0 fully saturated rings. The predicted octanol–water partition coefficient (Wildman–Crippen LogP) is 2.37. The van der Waals surface area contributed by atoms with Crippen LogP contribution in [0, 0.1) is 13.8 Å². The summed E-state index contributed by atoms with van der Waals surface area (Å²) < 4.78 is 2.00. The third-order valence-electron chi connectivity index (χ3n) is 3.67. The molecule has 0 saturated heterocycles. The standard InChI is InChI=1S/C16H19N5/c1-11-10-12(2)21-15(19-20-16(21)18-11)9-8-14(17)13-6-4-3-5-7-13/h3-7,10,14H,8-9,17H2,1-2H3. The highest BCUT2D eigenvalue weighted by Gasteiger charge is 2.12. The van der Waals surface area contributed by atoms with Gasteiger partial charge in [-0.05, 0) is 31.9 Å². The Hall–Kier alpha value is -2.27. The minimum atomic E-state index is 0.0114. The summed E-state index contributed by atoms with van der Waals surface area (Å²) in [6.07, 6.45) is 1.61. The molecule has 0 bridgehead atoms. The summed E-state index contributed by atoms with van der Waals surface area (Å²) in [5, 5.41) is 8.41. The molecule has 0 saturated carbocycles. The van der Waals surface area contributed by atoms with Crippen molar-refractivity contribution >= 4 is 5.78 Å². The number of aromatic nitrogens is 4. The van der Waals surface area contributed by atoms with Crippen LogP contribution < -0.4 is 5.73 Å². The van der Waals surface area contributed by atoms with Gasteiger partial charge in [0.15, 0.2) is 0 Å². The zero-order valence-electron chi connectivity index (χ0n) is 12.3. The maximum Gasteiger partial charge on any atom is 0.255 e. The second kappa shape index (κ2) is 5.61. The number of hydrogen-bond acceptors (Lipinski definition) is 4. The molecule has 0 aliphatic heterocycles. The maximum absolute atomic E-state index is 6.24. The largest absolute Gasteiger partial charge is 0.324 e. The Labute approximate surface area is 123 Å². The summed E-state index contributed by atoms with van der Waals surface area (Å²) >= 11 is 0. The minimum absolute atomic E-state index is 0.0114. The molecule has 1 aromatic carbocycles. The zero-order valence-corrected chi connectivity index (χ0v) is 12.3. The van der Waals surface area contributed by atoms with Gasteiger partial charge >= 0.3 is 0 Å². The van der Waals surface area contributed by atoms with E-state index >= 15 is 0 Å². The van der Waals surface area contributed by atoms with Gasteiger partial charge in [-0.1, -0.05) is 30.3 Å². The normalized spacial score (nSPS) is 12.7. The second-order valence-corrected chi connectivity index (χ2v) is 5.35. The Balaban J connectivity index is 1.80. The van der Waals surface area contributed by atoms with Crippen molar-refractivity contribution < 1.29 is 0 Å². The van der Waals surface area contributed by atoms with Crippen LogP contribution in [0.25, 0.3) is 5.78 Å². The van der Waals surface area contributed by atoms with Gasteiger partial charge in [-0.15, -0.1) is 10.2 Å². The summed E-state index contributed by atoms with van der Waals surface area (Å²) in [6.45, 7) is 4.01. The van der Waals surface area contributed by atoms with Crippen LogP contribution >= 0.6 is 0 Å². The van der Waals surface area contributed by atoms with Crippen molar-refractivity contribution in [3.8, 4) is 0 Å². The lowest BCUT2D eigenvalue weighted by atomic mass is 10.0. The first-order valence-electron chi connectivity index (χ1n) is 7.14. The molecule has 2 aromatic heterocycles. The van der Waals surface area contributed by atoms with Crippen LogP contribution in [0.2, 0.25) is 0 Å². The number of rotatable bonds is 4. The molecule has 2 N–H and O–H groups in total. The van der Waals surface area contributed by atoms with Crippen LogP contribution in [-0.4, -0.2) is 19.6 Å². The number of nitrogens with two attached hydrogens (primary N) is 1. The molecule has 1 atom stereocenters. The third kappa shape index (κ3) is 2.78. The van der Waals surface area contributed by atoms with E-state index in [1.165, 1.54) is 0 Å². The minimum Gasteiger partial charge on any atom is -0.324 e. The van der Waals surface area contributed by atoms with Gasteiger partial charge in [-0.3, -0.25) is 4.40 Å². The molecular formula is C16H19N5. The summed E-state index contributed by atoms with van der Waals surface area (Å²) in [5.41, 5.74) is 9.46. The van der Waals surface area contributed by atoms with Gasteiger partial charge in [0.25, 0.3) is 5.78 Å². The van der Waals surface area contributed by atoms with Crippen molar-refractivity contribution in [3.05, 3.63) is 59.2 Å². The molecular weight excluding hydrogens is 262 g/mol. The Kier molecular flexibility index (Phi) is 3.66. The fourth-order valence-corrected chi connectivity index (χ4v) is 2.61. The number of nitrogens with zero attached hydrogens (tertiary/aromatic N) is 4. The Bertz CT molecular complexity index is 748. The summed E-state index contributed by atoms with van der Waals surface area (Å²) in [4.78, 5) is 4.40. The van der Waals surface area contributed by atoms with Crippen LogP contribution in [0.3, 0.4) is 0 Å². The molecule has 0 spiro atoms. The Morgan fingerprint density at radius 2 is 1.90 bits per heavy atom. The van der Waals surface area contributed by atoms with Gasteiger partial charge in [0.05, 0.1) is 0 Å². The van der Waals surface area contributed by atoms with E-state index in [0.29, 0.717) is 5.78 Å². The molecule has 21 heavy (non-hydrogen) atoms. The molecule has 3 rings (SSSR count). The number of benzene rings is 1. The SMILES string of the molecule is Cc1cc(C)n2c(CCC(N)c3ccccc3)nnc2n1. The summed E-state index contributed by atoms with van der Waals surface area (Å²) in [6, 6.07) is 12.2. The van der Waals surface area contributed by atoms with Crippen molar-refractivity contribution in [3.63, 3.8) is 0 Å². The van der Waals surface area contributed by atoms with Crippen molar-refractivity contribution in [1.82, 2.24) is 19.6 Å². The Morgan fingerprint density at radius 1 is 1.14 bits per heavy atom. The number of fused-ring (bicyclic) bond motifs is 1. The predicted molar refractivity (Wildman–Crippen MR) is 81.9 cm³/mol. The van der Waals surface area contributed by atoms with E-state index < -0.39 is 0 Å². The van der Waals surface area contributed by atoms with Crippen LogP contribution in [-0.2, 0) is 6.42 Å². The van der Waals surface area contributed by atoms with Gasteiger partial charge in [0.2, 0.25) is 0 Å². The second-order valence-electron chi connectivity index (χ2n) is 5.35. The van der Waals surface area contributed by atoms with Crippen molar-refractivity contribution in [2.24, 2.45) is 5.73 Å². The summed E-state index contributed by atoms with van der Waals surface area (Å²) in [5.74, 6) is 1.58. The number of hydrogen-bond donors (Lipinski definition) is 1. The van der Waals surface area contributed by atoms with Crippen LogP contribution in [0.5, 0.6) is 0 Å². The number of aryl methyl sites for hydroxylation is 3. The topological polar surface area (TPSA) is 69.1 Å². The van der Waals surface area contributed by atoms with Crippen LogP contribution in [0.15, 0.2) is 36.4 Å². The van der Waals surface area contributed by atoms with Crippen molar-refractivity contribution in [2.45, 2.75) is 32.7 Å². The average Bonchev–Trinajstić information content (AvgIpc) is 2.89. The first-order chi connectivity index (χ1) is 10.1. The fraction of sp³-hybridized carbons (Fsp3) is 0.312. The molecule has 0 amide bonds. The first kappa shape index (κ1) is 13.7. The third-order valence-corrected chi connectivity index (χ3v) is 3.67. The first-order valence-corrected chi connectivity index (χ1v) is 7.14. The van der Waals surface area contributed by atoms with Gasteiger partial charge in [-0.25, -0.2) is 4.98 Å². The smallest absolute Gasteiger partial charge is 0.255 e. The molecule has 3 aromatic rings.